The molecule has 0 radical (unpaired) electrons. The van der Waals surface area contributed by atoms with Gasteiger partial charge in [-0.1, -0.05) is 6.07 Å². The second-order valence-electron chi connectivity index (χ2n) is 6.93. The van der Waals surface area contributed by atoms with Gasteiger partial charge in [-0.3, -0.25) is 9.59 Å². The number of hydrogen-bond acceptors (Lipinski definition) is 5. The van der Waals surface area contributed by atoms with Crippen LogP contribution in [0.5, 0.6) is 5.75 Å². The molecule has 8 nitrogen and oxygen atoms in total. The molecular weight excluding hydrogens is 360 g/mol. The number of fused-ring (bicyclic) bond motifs is 1. The van der Waals surface area contributed by atoms with Crippen molar-refractivity contribution < 1.29 is 19.1 Å². The molecule has 1 fully saturated rings. The van der Waals surface area contributed by atoms with Crippen LogP contribution in [0.25, 0.3) is 0 Å². The zero-order valence-electron chi connectivity index (χ0n) is 15.9. The van der Waals surface area contributed by atoms with Gasteiger partial charge in [0.05, 0.1) is 26.0 Å². The van der Waals surface area contributed by atoms with Gasteiger partial charge >= 0.3 is 0 Å². The molecule has 1 saturated heterocycles. The number of benzene rings is 1. The third-order valence-corrected chi connectivity index (χ3v) is 5.15. The Morgan fingerprint density at radius 2 is 2.00 bits per heavy atom. The number of aromatic nitrogens is 2. The van der Waals surface area contributed by atoms with Crippen LogP contribution in [0.15, 0.2) is 24.3 Å². The molecule has 1 aromatic heterocycles. The number of carbonyl (C=O) groups is 2. The number of morpholine rings is 1. The highest BCUT2D eigenvalue weighted by Gasteiger charge is 2.30. The monoisotopic (exact) mass is 384 g/mol. The minimum atomic E-state index is -0.306. The summed E-state index contributed by atoms with van der Waals surface area (Å²) < 4.78 is 12.5. The standard InChI is InChI=1S/C20H24N4O4/c1-27-15-6-4-5-14(13-15)21-19(25)17-16-7-2-3-8-24(16)18(22-17)20(26)23-9-11-28-12-10-23/h4-6,13H,2-3,7-12H2,1H3,(H,21,25). The van der Waals surface area contributed by atoms with Gasteiger partial charge in [0.1, 0.15) is 5.75 Å². The Morgan fingerprint density at radius 3 is 2.79 bits per heavy atom. The molecule has 0 spiro atoms. The van der Waals surface area contributed by atoms with E-state index in [0.717, 1.165) is 25.0 Å². The molecule has 2 aromatic rings. The third kappa shape index (κ3) is 3.60. The lowest BCUT2D eigenvalue weighted by Crippen LogP contribution is -2.42. The molecule has 0 atom stereocenters. The van der Waals surface area contributed by atoms with Gasteiger partial charge < -0.3 is 24.3 Å². The number of ether oxygens (including phenoxy) is 2. The van der Waals surface area contributed by atoms with Crippen LogP contribution < -0.4 is 10.1 Å². The van der Waals surface area contributed by atoms with Crippen LogP contribution >= 0.6 is 0 Å². The van der Waals surface area contributed by atoms with E-state index in [9.17, 15) is 9.59 Å². The molecule has 28 heavy (non-hydrogen) atoms. The summed E-state index contributed by atoms with van der Waals surface area (Å²) in [6.07, 6.45) is 2.70. The van der Waals surface area contributed by atoms with E-state index in [1.165, 1.54) is 0 Å². The molecule has 2 amide bonds. The Bertz CT molecular complexity index is 886. The number of amides is 2. The van der Waals surface area contributed by atoms with Crippen molar-refractivity contribution in [2.75, 3.05) is 38.7 Å². The van der Waals surface area contributed by atoms with E-state index in [1.54, 1.807) is 24.1 Å². The largest absolute Gasteiger partial charge is 0.497 e. The van der Waals surface area contributed by atoms with Gasteiger partial charge in [0.25, 0.3) is 11.8 Å². The van der Waals surface area contributed by atoms with E-state index >= 15 is 0 Å². The second kappa shape index (κ2) is 8.02. The fourth-order valence-electron chi connectivity index (χ4n) is 3.69. The molecule has 0 aliphatic carbocycles. The maximum Gasteiger partial charge on any atom is 0.290 e. The highest BCUT2D eigenvalue weighted by molar-refractivity contribution is 6.05. The van der Waals surface area contributed by atoms with Crippen LogP contribution in [0, 0.1) is 0 Å². The van der Waals surface area contributed by atoms with Gasteiger partial charge in [-0.05, 0) is 31.4 Å². The molecule has 2 aliphatic heterocycles. The van der Waals surface area contributed by atoms with Gasteiger partial charge in [0, 0.05) is 31.4 Å². The summed E-state index contributed by atoms with van der Waals surface area (Å²) in [5, 5.41) is 2.88. The third-order valence-electron chi connectivity index (χ3n) is 5.15. The molecular formula is C20H24N4O4. The average Bonchev–Trinajstić information content (AvgIpc) is 3.14. The predicted octanol–water partition coefficient (Wildman–Crippen LogP) is 1.95. The molecule has 4 rings (SSSR count). The van der Waals surface area contributed by atoms with Crippen molar-refractivity contribution >= 4 is 17.5 Å². The van der Waals surface area contributed by atoms with E-state index in [-0.39, 0.29) is 11.8 Å². The first-order valence-electron chi connectivity index (χ1n) is 9.59. The topological polar surface area (TPSA) is 85.7 Å². The molecule has 3 heterocycles. The van der Waals surface area contributed by atoms with Crippen molar-refractivity contribution in [2.24, 2.45) is 0 Å². The Labute approximate surface area is 163 Å². The molecule has 0 bridgehead atoms. The Kier molecular flexibility index (Phi) is 5.29. The minimum absolute atomic E-state index is 0.133. The average molecular weight is 384 g/mol. The first kappa shape index (κ1) is 18.5. The van der Waals surface area contributed by atoms with Crippen molar-refractivity contribution in [1.29, 1.82) is 0 Å². The second-order valence-corrected chi connectivity index (χ2v) is 6.93. The first-order chi connectivity index (χ1) is 13.7. The highest BCUT2D eigenvalue weighted by atomic mass is 16.5. The summed E-state index contributed by atoms with van der Waals surface area (Å²) >= 11 is 0. The fourth-order valence-corrected chi connectivity index (χ4v) is 3.69. The number of anilines is 1. The Balaban J connectivity index is 1.62. The molecule has 0 unspecified atom stereocenters. The molecule has 1 N–H and O–H groups in total. The highest BCUT2D eigenvalue weighted by Crippen LogP contribution is 2.24. The quantitative estimate of drug-likeness (QED) is 0.871. The zero-order valence-corrected chi connectivity index (χ0v) is 15.9. The van der Waals surface area contributed by atoms with Crippen molar-refractivity contribution in [3.63, 3.8) is 0 Å². The number of imidazole rings is 1. The summed E-state index contributed by atoms with van der Waals surface area (Å²) in [6.45, 7) is 2.86. The molecule has 8 heteroatoms. The zero-order chi connectivity index (χ0) is 19.5. The van der Waals surface area contributed by atoms with E-state index in [1.807, 2.05) is 16.7 Å². The van der Waals surface area contributed by atoms with Crippen LogP contribution in [-0.2, 0) is 17.7 Å². The summed E-state index contributed by atoms with van der Waals surface area (Å²) in [7, 11) is 1.58. The molecule has 1 aromatic carbocycles. The van der Waals surface area contributed by atoms with Gasteiger partial charge in [-0.2, -0.15) is 0 Å². The summed E-state index contributed by atoms with van der Waals surface area (Å²) in [5.41, 5.74) is 1.80. The van der Waals surface area contributed by atoms with Crippen LogP contribution in [0.3, 0.4) is 0 Å². The summed E-state index contributed by atoms with van der Waals surface area (Å²) in [4.78, 5) is 32.2. The van der Waals surface area contributed by atoms with Crippen molar-refractivity contribution in [3.05, 3.63) is 41.5 Å². The number of rotatable bonds is 4. The van der Waals surface area contributed by atoms with Gasteiger partial charge in [-0.15, -0.1) is 0 Å². The van der Waals surface area contributed by atoms with Gasteiger partial charge in [0.15, 0.2) is 11.5 Å². The van der Waals surface area contributed by atoms with Crippen LogP contribution in [-0.4, -0.2) is 59.7 Å². The van der Waals surface area contributed by atoms with Gasteiger partial charge in [0.2, 0.25) is 0 Å². The molecule has 2 aliphatic rings. The lowest BCUT2D eigenvalue weighted by molar-refractivity contribution is 0.0291. The van der Waals surface area contributed by atoms with Crippen molar-refractivity contribution in [3.8, 4) is 5.75 Å². The van der Waals surface area contributed by atoms with Crippen molar-refractivity contribution in [1.82, 2.24) is 14.5 Å². The summed E-state index contributed by atoms with van der Waals surface area (Å²) in [6, 6.07) is 7.17. The number of nitrogens with zero attached hydrogens (tertiary/aromatic N) is 3. The van der Waals surface area contributed by atoms with Crippen LogP contribution in [0.1, 0.15) is 39.6 Å². The van der Waals surface area contributed by atoms with Crippen LogP contribution in [0.2, 0.25) is 0 Å². The van der Waals surface area contributed by atoms with E-state index in [2.05, 4.69) is 10.3 Å². The number of carbonyl (C=O) groups excluding carboxylic acids is 2. The number of methoxy groups -OCH3 is 1. The number of hydrogen-bond donors (Lipinski definition) is 1. The lowest BCUT2D eigenvalue weighted by atomic mass is 10.1. The van der Waals surface area contributed by atoms with E-state index < -0.39 is 0 Å². The van der Waals surface area contributed by atoms with Gasteiger partial charge in [-0.25, -0.2) is 4.98 Å². The fraction of sp³-hybridized carbons (Fsp3) is 0.450. The first-order valence-corrected chi connectivity index (χ1v) is 9.59. The minimum Gasteiger partial charge on any atom is -0.497 e. The summed E-state index contributed by atoms with van der Waals surface area (Å²) in [5.74, 6) is 0.576. The van der Waals surface area contributed by atoms with Crippen LogP contribution in [0.4, 0.5) is 5.69 Å². The SMILES string of the molecule is COc1cccc(NC(=O)c2nc(C(=O)N3CCOCC3)n3c2CCCC3)c1. The predicted molar refractivity (Wildman–Crippen MR) is 103 cm³/mol. The Hall–Kier alpha value is -2.87. The Morgan fingerprint density at radius 1 is 1.18 bits per heavy atom. The maximum absolute atomic E-state index is 13.0. The maximum atomic E-state index is 13.0. The molecule has 0 saturated carbocycles. The van der Waals surface area contributed by atoms with Crippen molar-refractivity contribution in [2.45, 2.75) is 25.8 Å². The number of nitrogens with one attached hydrogen (secondary N) is 1. The smallest absolute Gasteiger partial charge is 0.290 e. The lowest BCUT2D eigenvalue weighted by Gasteiger charge is -2.27. The normalized spacial score (nSPS) is 16.4. The van der Waals surface area contributed by atoms with E-state index in [0.29, 0.717) is 55.8 Å². The van der Waals surface area contributed by atoms with E-state index in [4.69, 9.17) is 9.47 Å². The molecule has 148 valence electrons.